The standard InChI is InChI=1S/C22H26FN5OS/c1-4-28-10-6-7-15(28)13-24-21-20-14(12-25-22(27-20)30-3)11-17(26-21)16-8-5-9-18(29-2)19(16)23/h5,8-9,11-12,15H,4,6-7,10,13H2,1-3H3,(H,24,26). The highest BCUT2D eigenvalue weighted by molar-refractivity contribution is 7.98. The van der Waals surface area contributed by atoms with Gasteiger partial charge in [0.1, 0.15) is 5.52 Å². The second kappa shape index (κ2) is 9.14. The van der Waals surface area contributed by atoms with Crippen molar-refractivity contribution in [1.82, 2.24) is 19.9 Å². The maximum atomic E-state index is 14.9. The van der Waals surface area contributed by atoms with E-state index >= 15 is 0 Å². The van der Waals surface area contributed by atoms with Crippen LogP contribution < -0.4 is 10.1 Å². The van der Waals surface area contributed by atoms with Gasteiger partial charge in [0, 0.05) is 29.7 Å². The molecule has 1 saturated heterocycles. The molecule has 0 amide bonds. The molecule has 1 aliphatic heterocycles. The minimum absolute atomic E-state index is 0.197. The van der Waals surface area contributed by atoms with Crippen LogP contribution in [-0.2, 0) is 0 Å². The van der Waals surface area contributed by atoms with Crippen molar-refractivity contribution in [2.75, 3.05) is 38.3 Å². The molecule has 0 radical (unpaired) electrons. The fraction of sp³-hybridized carbons (Fsp3) is 0.409. The van der Waals surface area contributed by atoms with Crippen molar-refractivity contribution in [3.63, 3.8) is 0 Å². The molecule has 2 aromatic heterocycles. The lowest BCUT2D eigenvalue weighted by Crippen LogP contribution is -2.34. The second-order valence-electron chi connectivity index (χ2n) is 7.28. The molecule has 4 rings (SSSR count). The van der Waals surface area contributed by atoms with Crippen LogP contribution in [0.3, 0.4) is 0 Å². The maximum Gasteiger partial charge on any atom is 0.187 e. The van der Waals surface area contributed by atoms with Crippen LogP contribution in [0.4, 0.5) is 10.2 Å². The summed E-state index contributed by atoms with van der Waals surface area (Å²) in [4.78, 5) is 16.3. The van der Waals surface area contributed by atoms with Crippen molar-refractivity contribution < 1.29 is 9.13 Å². The van der Waals surface area contributed by atoms with E-state index in [0.717, 1.165) is 37.0 Å². The fourth-order valence-electron chi connectivity index (χ4n) is 4.01. The Kier molecular flexibility index (Phi) is 6.34. The number of nitrogens with zero attached hydrogens (tertiary/aromatic N) is 4. The minimum Gasteiger partial charge on any atom is -0.494 e. The number of aromatic nitrogens is 3. The molecule has 1 unspecified atom stereocenters. The number of thioether (sulfide) groups is 1. The van der Waals surface area contributed by atoms with Crippen LogP contribution in [0.15, 0.2) is 35.6 Å². The van der Waals surface area contributed by atoms with Crippen LogP contribution in [0.2, 0.25) is 0 Å². The Morgan fingerprint density at radius 1 is 1.33 bits per heavy atom. The van der Waals surface area contributed by atoms with Gasteiger partial charge in [0.2, 0.25) is 0 Å². The predicted octanol–water partition coefficient (Wildman–Crippen LogP) is 4.46. The van der Waals surface area contributed by atoms with Crippen LogP contribution in [0.5, 0.6) is 5.75 Å². The second-order valence-corrected chi connectivity index (χ2v) is 8.05. The number of hydrogen-bond donors (Lipinski definition) is 1. The van der Waals surface area contributed by atoms with E-state index < -0.39 is 5.82 Å². The maximum absolute atomic E-state index is 14.9. The molecule has 8 heteroatoms. The Hall–Kier alpha value is -2.45. The summed E-state index contributed by atoms with van der Waals surface area (Å²) in [6.45, 7) is 5.13. The highest BCUT2D eigenvalue weighted by atomic mass is 32.2. The number of fused-ring (bicyclic) bond motifs is 1. The van der Waals surface area contributed by atoms with Gasteiger partial charge in [0.05, 0.1) is 12.8 Å². The van der Waals surface area contributed by atoms with Crippen LogP contribution in [0.25, 0.3) is 22.2 Å². The smallest absolute Gasteiger partial charge is 0.187 e. The molecule has 0 spiro atoms. The highest BCUT2D eigenvalue weighted by Crippen LogP contribution is 2.32. The Bertz CT molecular complexity index is 1050. The van der Waals surface area contributed by atoms with Gasteiger partial charge >= 0.3 is 0 Å². The van der Waals surface area contributed by atoms with Crippen molar-refractivity contribution in [2.45, 2.75) is 31.0 Å². The molecule has 1 atom stereocenters. The van der Waals surface area contributed by atoms with Crippen LogP contribution in [0.1, 0.15) is 19.8 Å². The van der Waals surface area contributed by atoms with E-state index in [1.54, 1.807) is 24.4 Å². The Labute approximate surface area is 180 Å². The summed E-state index contributed by atoms with van der Waals surface area (Å²) in [7, 11) is 1.46. The molecule has 0 bridgehead atoms. The van der Waals surface area contributed by atoms with E-state index in [9.17, 15) is 4.39 Å². The molecule has 3 heterocycles. The van der Waals surface area contributed by atoms with Gasteiger partial charge in [-0.1, -0.05) is 24.8 Å². The molecule has 158 valence electrons. The van der Waals surface area contributed by atoms with Gasteiger partial charge in [-0.15, -0.1) is 0 Å². The molecule has 0 saturated carbocycles. The van der Waals surface area contributed by atoms with Crippen molar-refractivity contribution >= 4 is 28.5 Å². The first-order chi connectivity index (χ1) is 14.6. The third-order valence-electron chi connectivity index (χ3n) is 5.60. The van der Waals surface area contributed by atoms with E-state index in [4.69, 9.17) is 9.72 Å². The summed E-state index contributed by atoms with van der Waals surface area (Å²) in [5, 5.41) is 5.00. The third-order valence-corrected chi connectivity index (χ3v) is 6.16. The van der Waals surface area contributed by atoms with E-state index in [1.165, 1.54) is 25.3 Å². The molecular formula is C22H26FN5OS. The largest absolute Gasteiger partial charge is 0.494 e. The van der Waals surface area contributed by atoms with Crippen molar-refractivity contribution in [1.29, 1.82) is 0 Å². The van der Waals surface area contributed by atoms with Gasteiger partial charge in [-0.05, 0) is 50.4 Å². The highest BCUT2D eigenvalue weighted by Gasteiger charge is 2.23. The van der Waals surface area contributed by atoms with Crippen molar-refractivity contribution in [3.05, 3.63) is 36.3 Å². The summed E-state index contributed by atoms with van der Waals surface area (Å²) >= 11 is 1.49. The third kappa shape index (κ3) is 4.06. The Balaban J connectivity index is 1.76. The SMILES string of the molecule is CCN1CCCC1CNc1nc(-c2cccc(OC)c2F)cc2cnc(SC)nc12. The molecule has 30 heavy (non-hydrogen) atoms. The number of benzene rings is 1. The summed E-state index contributed by atoms with van der Waals surface area (Å²) < 4.78 is 20.1. The first-order valence-corrected chi connectivity index (χ1v) is 11.4. The summed E-state index contributed by atoms with van der Waals surface area (Å²) in [5.41, 5.74) is 1.67. The number of nitrogens with one attached hydrogen (secondary N) is 1. The van der Waals surface area contributed by atoms with Crippen molar-refractivity contribution in [2.24, 2.45) is 0 Å². The fourth-order valence-corrected chi connectivity index (χ4v) is 4.35. The van der Waals surface area contributed by atoms with Crippen LogP contribution in [0, 0.1) is 5.82 Å². The van der Waals surface area contributed by atoms with Gasteiger partial charge in [-0.2, -0.15) is 0 Å². The summed E-state index contributed by atoms with van der Waals surface area (Å²) in [6, 6.07) is 7.37. The lowest BCUT2D eigenvalue weighted by atomic mass is 10.1. The quantitative estimate of drug-likeness (QED) is 0.441. The van der Waals surface area contributed by atoms with Crippen molar-refractivity contribution in [3.8, 4) is 17.0 Å². The van der Waals surface area contributed by atoms with E-state index in [1.807, 2.05) is 12.3 Å². The molecule has 1 aromatic carbocycles. The number of anilines is 1. The van der Waals surface area contributed by atoms with Crippen LogP contribution in [-0.4, -0.2) is 58.9 Å². The lowest BCUT2D eigenvalue weighted by molar-refractivity contribution is 0.277. The number of likely N-dealkylation sites (tertiary alicyclic amines) is 1. The number of rotatable bonds is 7. The Morgan fingerprint density at radius 2 is 2.20 bits per heavy atom. The topological polar surface area (TPSA) is 63.2 Å². The molecule has 3 aromatic rings. The van der Waals surface area contributed by atoms with Gasteiger partial charge in [0.15, 0.2) is 22.5 Å². The number of methoxy groups -OCH3 is 1. The molecule has 1 fully saturated rings. The summed E-state index contributed by atoms with van der Waals surface area (Å²) in [5.74, 6) is 0.431. The van der Waals surface area contributed by atoms with E-state index in [-0.39, 0.29) is 5.75 Å². The first-order valence-electron chi connectivity index (χ1n) is 10.2. The summed E-state index contributed by atoms with van der Waals surface area (Å²) in [6.07, 6.45) is 6.09. The number of ether oxygens (including phenoxy) is 1. The number of halogens is 1. The van der Waals surface area contributed by atoms with E-state index in [0.29, 0.717) is 28.3 Å². The minimum atomic E-state index is -0.424. The molecule has 1 N–H and O–H groups in total. The number of likely N-dealkylation sites (N-methyl/N-ethyl adjacent to an activating group) is 1. The normalized spacial score (nSPS) is 16.9. The zero-order valence-corrected chi connectivity index (χ0v) is 18.3. The zero-order chi connectivity index (χ0) is 21.1. The van der Waals surface area contributed by atoms with Crippen LogP contribution >= 0.6 is 11.8 Å². The molecule has 1 aliphatic rings. The van der Waals surface area contributed by atoms with Gasteiger partial charge in [-0.25, -0.2) is 19.3 Å². The van der Waals surface area contributed by atoms with Gasteiger partial charge in [-0.3, -0.25) is 4.90 Å². The average molecular weight is 428 g/mol. The molecular weight excluding hydrogens is 401 g/mol. The predicted molar refractivity (Wildman–Crippen MR) is 120 cm³/mol. The average Bonchev–Trinajstić information content (AvgIpc) is 3.24. The Morgan fingerprint density at radius 3 is 2.97 bits per heavy atom. The van der Waals surface area contributed by atoms with Gasteiger partial charge < -0.3 is 10.1 Å². The molecule has 0 aliphatic carbocycles. The molecule has 6 nitrogen and oxygen atoms in total. The lowest BCUT2D eigenvalue weighted by Gasteiger charge is -2.23. The van der Waals surface area contributed by atoms with E-state index in [2.05, 4.69) is 27.1 Å². The number of hydrogen-bond acceptors (Lipinski definition) is 7. The number of pyridine rings is 1. The first kappa shape index (κ1) is 20.8. The zero-order valence-electron chi connectivity index (χ0n) is 17.5. The van der Waals surface area contributed by atoms with Gasteiger partial charge in [0.25, 0.3) is 0 Å². The monoisotopic (exact) mass is 427 g/mol.